The van der Waals surface area contributed by atoms with Gasteiger partial charge in [0, 0.05) is 16.5 Å². The van der Waals surface area contributed by atoms with Crippen LogP contribution in [0.4, 0.5) is 14.9 Å². The molecule has 1 N–H and O–H groups in total. The van der Waals surface area contributed by atoms with Gasteiger partial charge in [0.05, 0.1) is 13.0 Å². The Balaban J connectivity index is 1.50. The second-order valence-corrected chi connectivity index (χ2v) is 8.74. The molecule has 2 aromatic heterocycles. The number of thiazole rings is 1. The van der Waals surface area contributed by atoms with Gasteiger partial charge in [0.25, 0.3) is 0 Å². The summed E-state index contributed by atoms with van der Waals surface area (Å²) in [6.45, 7) is 5.36. The van der Waals surface area contributed by atoms with E-state index in [9.17, 15) is 14.0 Å². The first kappa shape index (κ1) is 25.1. The lowest BCUT2D eigenvalue weighted by molar-refractivity contribution is -0.142. The van der Waals surface area contributed by atoms with E-state index in [0.29, 0.717) is 28.7 Å². The van der Waals surface area contributed by atoms with Gasteiger partial charge >= 0.3 is 12.1 Å². The third kappa shape index (κ3) is 5.77. The zero-order valence-corrected chi connectivity index (χ0v) is 20.7. The number of rotatable bonds is 8. The summed E-state index contributed by atoms with van der Waals surface area (Å²) < 4.78 is 29.8. The van der Waals surface area contributed by atoms with Gasteiger partial charge in [-0.1, -0.05) is 41.6 Å². The highest BCUT2D eigenvalue weighted by molar-refractivity contribution is 7.13. The van der Waals surface area contributed by atoms with Gasteiger partial charge in [-0.3, -0.25) is 10.1 Å². The number of nitrogens with one attached hydrogen (secondary N) is 1. The average Bonchev–Trinajstić information content (AvgIpc) is 3.47. The van der Waals surface area contributed by atoms with Crippen LogP contribution in [-0.4, -0.2) is 28.8 Å². The summed E-state index contributed by atoms with van der Waals surface area (Å²) in [4.78, 5) is 29.0. The first-order valence-corrected chi connectivity index (χ1v) is 12.1. The summed E-state index contributed by atoms with van der Waals surface area (Å²) in [6, 6.07) is 13.6. The van der Waals surface area contributed by atoms with Gasteiger partial charge in [-0.05, 0) is 38.5 Å². The number of hydrogen-bond donors (Lipinski definition) is 1. The van der Waals surface area contributed by atoms with Crippen molar-refractivity contribution in [2.75, 3.05) is 11.9 Å². The molecule has 8 nitrogen and oxygen atoms in total. The smallest absolute Gasteiger partial charge is 0.412 e. The third-order valence-electron chi connectivity index (χ3n) is 5.28. The summed E-state index contributed by atoms with van der Waals surface area (Å²) in [5.41, 5.74) is 3.14. The molecule has 10 heteroatoms. The Morgan fingerprint density at radius 2 is 2.00 bits per heavy atom. The molecule has 2 heterocycles. The van der Waals surface area contributed by atoms with Gasteiger partial charge in [0.1, 0.15) is 34.0 Å². The minimum Gasteiger partial charge on any atom is -0.466 e. The highest BCUT2D eigenvalue weighted by Crippen LogP contribution is 2.35. The molecule has 0 aliphatic heterocycles. The lowest BCUT2D eigenvalue weighted by Gasteiger charge is -2.14. The minimum atomic E-state index is -0.803. The molecule has 4 aromatic rings. The molecule has 0 fully saturated rings. The molecule has 186 valence electrons. The number of esters is 1. The molecular formula is C26H24FN3O5S. The fourth-order valence-corrected chi connectivity index (χ4v) is 4.35. The molecule has 1 amide bonds. The van der Waals surface area contributed by atoms with Crippen molar-refractivity contribution in [3.63, 3.8) is 0 Å². The number of nitrogens with zero attached hydrogens (tertiary/aromatic N) is 2. The lowest BCUT2D eigenvalue weighted by Crippen LogP contribution is -2.17. The Bertz CT molecular complexity index is 1380. The summed E-state index contributed by atoms with van der Waals surface area (Å²) in [5, 5.41) is 9.08. The van der Waals surface area contributed by atoms with Crippen LogP contribution in [0.25, 0.3) is 22.0 Å². The van der Waals surface area contributed by atoms with Crippen LogP contribution in [0.3, 0.4) is 0 Å². The molecule has 0 saturated heterocycles. The molecule has 1 atom stereocenters. The van der Waals surface area contributed by atoms with Crippen LogP contribution in [0.2, 0.25) is 0 Å². The van der Waals surface area contributed by atoms with Gasteiger partial charge in [-0.25, -0.2) is 14.2 Å². The number of carbonyl (C=O) groups excluding carboxylic acids is 2. The first-order chi connectivity index (χ1) is 17.4. The molecule has 0 aliphatic rings. The predicted molar refractivity (Wildman–Crippen MR) is 133 cm³/mol. The number of anilines is 1. The van der Waals surface area contributed by atoms with Crippen molar-refractivity contribution in [1.82, 2.24) is 10.1 Å². The Kier molecular flexibility index (Phi) is 7.74. The molecule has 1 unspecified atom stereocenters. The summed E-state index contributed by atoms with van der Waals surface area (Å²) in [5.74, 6) is -0.479. The maximum Gasteiger partial charge on any atom is 0.412 e. The molecule has 36 heavy (non-hydrogen) atoms. The number of benzene rings is 2. The normalized spacial score (nSPS) is 11.7. The predicted octanol–water partition coefficient (Wildman–Crippen LogP) is 6.33. The molecule has 0 spiro atoms. The summed E-state index contributed by atoms with van der Waals surface area (Å²) in [7, 11) is 0. The summed E-state index contributed by atoms with van der Waals surface area (Å²) in [6.07, 6.45) is -1.41. The quantitative estimate of drug-likeness (QED) is 0.277. The van der Waals surface area contributed by atoms with E-state index in [0.717, 1.165) is 11.1 Å². The van der Waals surface area contributed by atoms with E-state index in [1.165, 1.54) is 17.4 Å². The van der Waals surface area contributed by atoms with Crippen molar-refractivity contribution in [1.29, 1.82) is 0 Å². The molecule has 0 bridgehead atoms. The van der Waals surface area contributed by atoms with Crippen LogP contribution in [0.1, 0.15) is 36.8 Å². The highest BCUT2D eigenvalue weighted by Gasteiger charge is 2.22. The molecular weight excluding hydrogens is 485 g/mol. The van der Waals surface area contributed by atoms with Gasteiger partial charge < -0.3 is 14.0 Å². The molecule has 2 aromatic carbocycles. The van der Waals surface area contributed by atoms with Crippen molar-refractivity contribution in [2.24, 2.45) is 0 Å². The number of amides is 1. The maximum absolute atomic E-state index is 14.0. The molecule has 4 rings (SSSR count). The Morgan fingerprint density at radius 3 is 2.78 bits per heavy atom. The van der Waals surface area contributed by atoms with E-state index in [4.69, 9.17) is 14.0 Å². The van der Waals surface area contributed by atoms with Crippen molar-refractivity contribution in [3.8, 4) is 22.0 Å². The second kappa shape index (κ2) is 11.1. The van der Waals surface area contributed by atoms with Crippen molar-refractivity contribution < 1.29 is 28.0 Å². The number of halogens is 1. The SMILES string of the molecule is CCOC(=O)Cc1cccc(-c2nc(-c3onc(C)c3NC(=O)OC(C)c3ccccc3F)cs2)c1. The Morgan fingerprint density at radius 1 is 1.19 bits per heavy atom. The fraction of sp³-hybridized carbons (Fsp3) is 0.231. The van der Waals surface area contributed by atoms with Crippen molar-refractivity contribution >= 4 is 29.1 Å². The Hall–Kier alpha value is -4.05. The zero-order chi connectivity index (χ0) is 25.7. The van der Waals surface area contributed by atoms with E-state index in [1.807, 2.05) is 24.3 Å². The van der Waals surface area contributed by atoms with E-state index in [2.05, 4.69) is 15.5 Å². The lowest BCUT2D eigenvalue weighted by atomic mass is 10.1. The number of aromatic nitrogens is 2. The minimum absolute atomic E-state index is 0.169. The topological polar surface area (TPSA) is 104 Å². The standard InChI is InChI=1S/C26H24FN3O5S/c1-4-33-22(31)13-17-8-7-9-18(12-17)25-28-21(14-36-25)24-23(15(2)30-35-24)29-26(32)34-16(3)19-10-5-6-11-20(19)27/h5-12,14,16H,4,13H2,1-3H3,(H,29,32). The number of ether oxygens (including phenoxy) is 2. The largest absolute Gasteiger partial charge is 0.466 e. The number of hydrogen-bond acceptors (Lipinski definition) is 8. The van der Waals surface area contributed by atoms with E-state index in [1.54, 1.807) is 44.4 Å². The fourth-order valence-electron chi connectivity index (χ4n) is 3.56. The van der Waals surface area contributed by atoms with Crippen LogP contribution in [-0.2, 0) is 20.7 Å². The van der Waals surface area contributed by atoms with Crippen molar-refractivity contribution in [2.45, 2.75) is 33.3 Å². The average molecular weight is 510 g/mol. The highest BCUT2D eigenvalue weighted by atomic mass is 32.1. The molecule has 0 radical (unpaired) electrons. The maximum atomic E-state index is 14.0. The van der Waals surface area contributed by atoms with Crippen LogP contribution in [0.15, 0.2) is 58.4 Å². The number of aryl methyl sites for hydroxylation is 1. The monoisotopic (exact) mass is 509 g/mol. The van der Waals surface area contributed by atoms with Gasteiger partial charge in [-0.15, -0.1) is 11.3 Å². The van der Waals surface area contributed by atoms with Crippen LogP contribution >= 0.6 is 11.3 Å². The van der Waals surface area contributed by atoms with Gasteiger partial charge in [-0.2, -0.15) is 0 Å². The van der Waals surface area contributed by atoms with E-state index < -0.39 is 18.0 Å². The number of carbonyl (C=O) groups is 2. The molecule has 0 aliphatic carbocycles. The summed E-state index contributed by atoms with van der Waals surface area (Å²) >= 11 is 1.38. The van der Waals surface area contributed by atoms with E-state index in [-0.39, 0.29) is 23.7 Å². The molecule has 0 saturated carbocycles. The van der Waals surface area contributed by atoms with Gasteiger partial charge in [0.2, 0.25) is 5.76 Å². The van der Waals surface area contributed by atoms with Crippen LogP contribution < -0.4 is 5.32 Å². The Labute approximate surface area is 211 Å². The van der Waals surface area contributed by atoms with Crippen LogP contribution in [0, 0.1) is 12.7 Å². The first-order valence-electron chi connectivity index (χ1n) is 11.2. The van der Waals surface area contributed by atoms with E-state index >= 15 is 0 Å². The van der Waals surface area contributed by atoms with Crippen LogP contribution in [0.5, 0.6) is 0 Å². The zero-order valence-electron chi connectivity index (χ0n) is 19.9. The second-order valence-electron chi connectivity index (χ2n) is 7.89. The van der Waals surface area contributed by atoms with Gasteiger partial charge in [0.15, 0.2) is 0 Å². The van der Waals surface area contributed by atoms with Crippen molar-refractivity contribution in [3.05, 3.63) is 76.5 Å². The third-order valence-corrected chi connectivity index (χ3v) is 6.17.